The Morgan fingerprint density at radius 1 is 1.47 bits per heavy atom. The molecule has 0 bridgehead atoms. The zero-order valence-electron chi connectivity index (χ0n) is 10.9. The molecule has 0 aliphatic heterocycles. The highest BCUT2D eigenvalue weighted by Gasteiger charge is 2.33. The van der Waals surface area contributed by atoms with Gasteiger partial charge in [0.25, 0.3) is 0 Å². The maximum absolute atomic E-state index is 4.37. The molecular formula is C12H22N4S. The molecular weight excluding hydrogens is 232 g/mol. The van der Waals surface area contributed by atoms with Gasteiger partial charge in [-0.15, -0.1) is 5.10 Å². The highest BCUT2D eigenvalue weighted by atomic mass is 32.2. The van der Waals surface area contributed by atoms with Crippen molar-refractivity contribution in [1.82, 2.24) is 20.5 Å². The highest BCUT2D eigenvalue weighted by molar-refractivity contribution is 7.99. The molecule has 0 amide bonds. The number of nitrogens with one attached hydrogen (secondary N) is 2. The van der Waals surface area contributed by atoms with Crippen molar-refractivity contribution in [2.45, 2.75) is 56.5 Å². The van der Waals surface area contributed by atoms with Crippen LogP contribution in [0.1, 0.15) is 38.9 Å². The van der Waals surface area contributed by atoms with Crippen molar-refractivity contribution in [1.29, 1.82) is 0 Å². The van der Waals surface area contributed by atoms with Gasteiger partial charge in [-0.3, -0.25) is 5.10 Å². The molecule has 4 nitrogen and oxygen atoms in total. The average Bonchev–Trinajstić information content (AvgIpc) is 2.86. The maximum atomic E-state index is 4.37. The average molecular weight is 254 g/mol. The van der Waals surface area contributed by atoms with Crippen LogP contribution in [0.5, 0.6) is 0 Å². The van der Waals surface area contributed by atoms with Gasteiger partial charge in [-0.1, -0.05) is 25.6 Å². The lowest BCUT2D eigenvalue weighted by Crippen LogP contribution is -2.33. The van der Waals surface area contributed by atoms with Gasteiger partial charge in [0.2, 0.25) is 5.16 Å². The Morgan fingerprint density at radius 3 is 2.94 bits per heavy atom. The van der Waals surface area contributed by atoms with Gasteiger partial charge in [0.1, 0.15) is 5.82 Å². The molecule has 1 aromatic rings. The first-order valence-corrected chi connectivity index (χ1v) is 7.37. The van der Waals surface area contributed by atoms with E-state index in [4.69, 9.17) is 0 Å². The number of hydrogen-bond donors (Lipinski definition) is 2. The molecule has 96 valence electrons. The van der Waals surface area contributed by atoms with Gasteiger partial charge in [0.05, 0.1) is 0 Å². The van der Waals surface area contributed by atoms with E-state index >= 15 is 0 Å². The Bertz CT molecular complexity index is 352. The molecule has 0 saturated heterocycles. The van der Waals surface area contributed by atoms with Crippen LogP contribution in [0.4, 0.5) is 0 Å². The van der Waals surface area contributed by atoms with Crippen molar-refractivity contribution in [2.75, 3.05) is 6.54 Å². The molecule has 2 rings (SSSR count). The van der Waals surface area contributed by atoms with Gasteiger partial charge in [-0.05, 0) is 38.6 Å². The largest absolute Gasteiger partial charge is 0.314 e. The van der Waals surface area contributed by atoms with E-state index in [2.05, 4.69) is 34.3 Å². The second kappa shape index (κ2) is 5.87. The number of aromatic nitrogens is 3. The lowest BCUT2D eigenvalue weighted by atomic mass is 10.1. The van der Waals surface area contributed by atoms with Crippen LogP contribution < -0.4 is 5.32 Å². The predicted molar refractivity (Wildman–Crippen MR) is 71.2 cm³/mol. The molecule has 1 aromatic heterocycles. The van der Waals surface area contributed by atoms with E-state index in [0.29, 0.717) is 17.2 Å². The molecule has 1 saturated carbocycles. The fraction of sp³-hybridized carbons (Fsp3) is 0.833. The molecule has 1 fully saturated rings. The van der Waals surface area contributed by atoms with Crippen molar-refractivity contribution in [3.05, 3.63) is 5.82 Å². The van der Waals surface area contributed by atoms with E-state index < -0.39 is 0 Å². The normalized spacial score (nSPS) is 28.8. The van der Waals surface area contributed by atoms with Crippen LogP contribution in [-0.4, -0.2) is 33.0 Å². The zero-order chi connectivity index (χ0) is 12.3. The summed E-state index contributed by atoms with van der Waals surface area (Å²) in [6.07, 6.45) is 3.75. The summed E-state index contributed by atoms with van der Waals surface area (Å²) >= 11 is 1.82. The van der Waals surface area contributed by atoms with Crippen LogP contribution in [-0.2, 0) is 0 Å². The second-order valence-electron chi connectivity index (χ2n) is 4.86. The first-order valence-electron chi connectivity index (χ1n) is 6.49. The number of aromatic amines is 1. The molecule has 5 heteroatoms. The lowest BCUT2D eigenvalue weighted by Gasteiger charge is -2.20. The summed E-state index contributed by atoms with van der Waals surface area (Å²) < 4.78 is 0. The summed E-state index contributed by atoms with van der Waals surface area (Å²) in [6.45, 7) is 7.64. The molecule has 1 aliphatic rings. The van der Waals surface area contributed by atoms with E-state index in [9.17, 15) is 0 Å². The molecule has 17 heavy (non-hydrogen) atoms. The molecule has 0 radical (unpaired) electrons. The number of H-pyrrole nitrogens is 1. The number of nitrogens with zero attached hydrogens (tertiary/aromatic N) is 2. The minimum atomic E-state index is 0.652. The molecule has 0 aromatic carbocycles. The Labute approximate surface area is 107 Å². The standard InChI is InChI=1S/C12H22N4S/c1-4-7-13-10-5-6-11(8(10)2)17-12-14-9(3)15-16-12/h8,10-11,13H,4-7H2,1-3H3,(H,14,15,16). The fourth-order valence-corrected chi connectivity index (χ4v) is 3.64. The quantitative estimate of drug-likeness (QED) is 0.847. The summed E-state index contributed by atoms with van der Waals surface area (Å²) in [5.74, 6) is 1.60. The zero-order valence-corrected chi connectivity index (χ0v) is 11.7. The van der Waals surface area contributed by atoms with Crippen molar-refractivity contribution < 1.29 is 0 Å². The van der Waals surface area contributed by atoms with Crippen molar-refractivity contribution in [3.63, 3.8) is 0 Å². The molecule has 3 unspecified atom stereocenters. The van der Waals surface area contributed by atoms with E-state index in [1.54, 1.807) is 0 Å². The van der Waals surface area contributed by atoms with E-state index in [1.807, 2.05) is 18.7 Å². The van der Waals surface area contributed by atoms with Crippen LogP contribution in [0.15, 0.2) is 5.16 Å². The van der Waals surface area contributed by atoms with E-state index in [0.717, 1.165) is 17.5 Å². The van der Waals surface area contributed by atoms with Gasteiger partial charge in [0.15, 0.2) is 0 Å². The summed E-state index contributed by atoms with van der Waals surface area (Å²) in [6, 6.07) is 0.674. The minimum absolute atomic E-state index is 0.652. The van der Waals surface area contributed by atoms with Crippen molar-refractivity contribution >= 4 is 11.8 Å². The fourth-order valence-electron chi connectivity index (χ4n) is 2.42. The third kappa shape index (κ3) is 3.22. The van der Waals surface area contributed by atoms with E-state index in [-0.39, 0.29) is 0 Å². The molecule has 1 heterocycles. The summed E-state index contributed by atoms with van der Waals surface area (Å²) in [5.41, 5.74) is 0. The number of aryl methyl sites for hydroxylation is 1. The molecule has 2 N–H and O–H groups in total. The molecule has 1 aliphatic carbocycles. The smallest absolute Gasteiger partial charge is 0.208 e. The van der Waals surface area contributed by atoms with Gasteiger partial charge >= 0.3 is 0 Å². The minimum Gasteiger partial charge on any atom is -0.314 e. The van der Waals surface area contributed by atoms with Crippen LogP contribution in [0.25, 0.3) is 0 Å². The number of hydrogen-bond acceptors (Lipinski definition) is 4. The van der Waals surface area contributed by atoms with Gasteiger partial charge < -0.3 is 5.32 Å². The van der Waals surface area contributed by atoms with Crippen LogP contribution in [0.3, 0.4) is 0 Å². The Morgan fingerprint density at radius 2 is 2.29 bits per heavy atom. The van der Waals surface area contributed by atoms with Gasteiger partial charge in [-0.2, -0.15) is 0 Å². The van der Waals surface area contributed by atoms with Crippen molar-refractivity contribution in [2.24, 2.45) is 5.92 Å². The van der Waals surface area contributed by atoms with E-state index in [1.165, 1.54) is 19.3 Å². The third-order valence-electron chi connectivity index (χ3n) is 3.47. The van der Waals surface area contributed by atoms with Crippen LogP contribution >= 0.6 is 11.8 Å². The first-order chi connectivity index (χ1) is 8.20. The number of rotatable bonds is 5. The topological polar surface area (TPSA) is 53.6 Å². The first kappa shape index (κ1) is 12.9. The predicted octanol–water partition coefficient (Wildman–Crippen LogP) is 2.37. The monoisotopic (exact) mass is 254 g/mol. The van der Waals surface area contributed by atoms with Crippen LogP contribution in [0, 0.1) is 12.8 Å². The maximum Gasteiger partial charge on any atom is 0.208 e. The number of thioether (sulfide) groups is 1. The second-order valence-corrected chi connectivity index (χ2v) is 6.06. The molecule has 0 spiro atoms. The van der Waals surface area contributed by atoms with Gasteiger partial charge in [0, 0.05) is 11.3 Å². The lowest BCUT2D eigenvalue weighted by molar-refractivity contribution is 0.431. The summed E-state index contributed by atoms with van der Waals surface area (Å²) in [7, 11) is 0. The Hall–Kier alpha value is -0.550. The van der Waals surface area contributed by atoms with Crippen molar-refractivity contribution in [3.8, 4) is 0 Å². The SMILES string of the molecule is CCCNC1CCC(Sc2n[nH]c(C)n2)C1C. The third-order valence-corrected chi connectivity index (χ3v) is 4.83. The Balaban J connectivity index is 1.86. The molecule has 3 atom stereocenters. The summed E-state index contributed by atoms with van der Waals surface area (Å²) in [5, 5.41) is 12.3. The highest BCUT2D eigenvalue weighted by Crippen LogP contribution is 2.37. The van der Waals surface area contributed by atoms with Gasteiger partial charge in [-0.25, -0.2) is 4.98 Å². The Kier molecular flexibility index (Phi) is 4.45. The summed E-state index contributed by atoms with van der Waals surface area (Å²) in [4.78, 5) is 4.37. The van der Waals surface area contributed by atoms with Crippen LogP contribution in [0.2, 0.25) is 0 Å².